The summed E-state index contributed by atoms with van der Waals surface area (Å²) < 4.78 is 10.1. The molecule has 0 aliphatic carbocycles. The second kappa shape index (κ2) is 5.47. The molecule has 1 saturated heterocycles. The van der Waals surface area contributed by atoms with Crippen LogP contribution in [0, 0.1) is 0 Å². The maximum absolute atomic E-state index is 11.0. The molecule has 0 saturated carbocycles. The summed E-state index contributed by atoms with van der Waals surface area (Å²) in [6.07, 6.45) is 2.69. The van der Waals surface area contributed by atoms with Crippen molar-refractivity contribution in [1.29, 1.82) is 0 Å². The molecule has 0 bridgehead atoms. The molecule has 1 rings (SSSR count). The first-order valence-electron chi connectivity index (χ1n) is 5.44. The highest BCUT2D eigenvalue weighted by Crippen LogP contribution is 2.23. The molecule has 0 N–H and O–H groups in total. The van der Waals surface area contributed by atoms with Gasteiger partial charge in [-0.15, -0.1) is 0 Å². The smallest absolute Gasteiger partial charge is 0.306 e. The SMILES string of the molecule is COC(=O)CCN1CCCC(C)(OC)C1. The molecule has 0 radical (unpaired) electrons. The summed E-state index contributed by atoms with van der Waals surface area (Å²) in [5.74, 6) is -0.139. The van der Waals surface area contributed by atoms with Gasteiger partial charge in [0.1, 0.15) is 0 Å². The van der Waals surface area contributed by atoms with E-state index >= 15 is 0 Å². The quantitative estimate of drug-likeness (QED) is 0.657. The Bertz CT molecular complexity index is 220. The van der Waals surface area contributed by atoms with E-state index in [1.807, 2.05) is 0 Å². The van der Waals surface area contributed by atoms with Gasteiger partial charge >= 0.3 is 5.97 Å². The second-order valence-corrected chi connectivity index (χ2v) is 4.36. The van der Waals surface area contributed by atoms with Crippen LogP contribution < -0.4 is 0 Å². The van der Waals surface area contributed by atoms with Crippen molar-refractivity contribution in [3.63, 3.8) is 0 Å². The Hall–Kier alpha value is -0.610. The Morgan fingerprint density at radius 2 is 2.20 bits per heavy atom. The van der Waals surface area contributed by atoms with Crippen LogP contribution in [0.3, 0.4) is 0 Å². The number of hydrogen-bond acceptors (Lipinski definition) is 4. The lowest BCUT2D eigenvalue weighted by Gasteiger charge is -2.39. The number of piperidine rings is 1. The van der Waals surface area contributed by atoms with Crippen molar-refractivity contribution in [3.05, 3.63) is 0 Å². The van der Waals surface area contributed by atoms with E-state index in [0.717, 1.165) is 32.5 Å². The first-order chi connectivity index (χ1) is 7.09. The van der Waals surface area contributed by atoms with Crippen molar-refractivity contribution in [1.82, 2.24) is 4.90 Å². The molecule has 15 heavy (non-hydrogen) atoms. The fraction of sp³-hybridized carbons (Fsp3) is 0.909. The Balaban J connectivity index is 2.33. The predicted octanol–water partition coefficient (Wildman–Crippen LogP) is 1.05. The van der Waals surface area contributed by atoms with E-state index in [1.54, 1.807) is 7.11 Å². The molecule has 0 aromatic carbocycles. The lowest BCUT2D eigenvalue weighted by molar-refractivity contribution is -0.141. The molecule has 1 atom stereocenters. The van der Waals surface area contributed by atoms with Crippen molar-refractivity contribution in [2.45, 2.75) is 31.8 Å². The minimum absolute atomic E-state index is 0.0473. The highest BCUT2D eigenvalue weighted by atomic mass is 16.5. The molecular weight excluding hydrogens is 194 g/mol. The van der Waals surface area contributed by atoms with Gasteiger partial charge in [0, 0.05) is 20.2 Å². The molecule has 1 aliphatic heterocycles. The predicted molar refractivity (Wildman–Crippen MR) is 57.7 cm³/mol. The minimum atomic E-state index is -0.139. The van der Waals surface area contributed by atoms with E-state index in [4.69, 9.17) is 4.74 Å². The van der Waals surface area contributed by atoms with E-state index in [1.165, 1.54) is 7.11 Å². The molecule has 4 heteroatoms. The van der Waals surface area contributed by atoms with Crippen LogP contribution in [0.1, 0.15) is 26.2 Å². The average molecular weight is 215 g/mol. The molecule has 1 fully saturated rings. The maximum atomic E-state index is 11.0. The summed E-state index contributed by atoms with van der Waals surface area (Å²) in [6.45, 7) is 4.85. The zero-order chi connectivity index (χ0) is 11.3. The number of rotatable bonds is 4. The number of methoxy groups -OCH3 is 2. The van der Waals surface area contributed by atoms with Gasteiger partial charge in [-0.25, -0.2) is 0 Å². The molecule has 0 aromatic heterocycles. The monoisotopic (exact) mass is 215 g/mol. The molecule has 1 unspecified atom stereocenters. The Morgan fingerprint density at radius 3 is 2.80 bits per heavy atom. The van der Waals surface area contributed by atoms with Crippen LogP contribution in [0.15, 0.2) is 0 Å². The van der Waals surface area contributed by atoms with Crippen LogP contribution in [0.25, 0.3) is 0 Å². The van der Waals surface area contributed by atoms with Gasteiger partial charge in [0.05, 0.1) is 19.1 Å². The third-order valence-corrected chi connectivity index (χ3v) is 3.09. The highest BCUT2D eigenvalue weighted by Gasteiger charge is 2.30. The number of esters is 1. The maximum Gasteiger partial charge on any atom is 0.306 e. The van der Waals surface area contributed by atoms with Gasteiger partial charge < -0.3 is 9.47 Å². The number of likely N-dealkylation sites (tertiary alicyclic amines) is 1. The van der Waals surface area contributed by atoms with E-state index < -0.39 is 0 Å². The molecular formula is C11H21NO3. The van der Waals surface area contributed by atoms with Crippen LogP contribution >= 0.6 is 0 Å². The first-order valence-corrected chi connectivity index (χ1v) is 5.44. The second-order valence-electron chi connectivity index (χ2n) is 4.36. The van der Waals surface area contributed by atoms with Crippen LogP contribution in [0.2, 0.25) is 0 Å². The summed E-state index contributed by atoms with van der Waals surface area (Å²) in [4.78, 5) is 13.3. The molecule has 0 aromatic rings. The molecule has 0 amide bonds. The molecule has 88 valence electrons. The molecule has 1 aliphatic rings. The van der Waals surface area contributed by atoms with E-state index in [9.17, 15) is 4.79 Å². The summed E-state index contributed by atoms with van der Waals surface area (Å²) in [5.41, 5.74) is -0.0473. The lowest BCUT2D eigenvalue weighted by atomic mass is 9.95. The summed E-state index contributed by atoms with van der Waals surface area (Å²) >= 11 is 0. The number of ether oxygens (including phenoxy) is 2. The lowest BCUT2D eigenvalue weighted by Crippen LogP contribution is -2.47. The van der Waals surface area contributed by atoms with E-state index in [2.05, 4.69) is 16.6 Å². The number of carbonyl (C=O) groups is 1. The summed E-state index contributed by atoms with van der Waals surface area (Å²) in [6, 6.07) is 0. The van der Waals surface area contributed by atoms with Crippen LogP contribution in [-0.4, -0.2) is 50.3 Å². The zero-order valence-electron chi connectivity index (χ0n) is 9.91. The molecule has 0 spiro atoms. The van der Waals surface area contributed by atoms with Crippen molar-refractivity contribution in [2.24, 2.45) is 0 Å². The normalized spacial score (nSPS) is 27.7. The van der Waals surface area contributed by atoms with Crippen LogP contribution in [0.4, 0.5) is 0 Å². The third kappa shape index (κ3) is 3.80. The fourth-order valence-corrected chi connectivity index (χ4v) is 2.02. The number of nitrogens with zero attached hydrogens (tertiary/aromatic N) is 1. The standard InChI is InChI=1S/C11H21NO3/c1-11(15-3)6-4-7-12(9-11)8-5-10(13)14-2/h4-9H2,1-3H3. The van der Waals surface area contributed by atoms with Crippen molar-refractivity contribution in [2.75, 3.05) is 33.9 Å². The van der Waals surface area contributed by atoms with Gasteiger partial charge in [0.25, 0.3) is 0 Å². The van der Waals surface area contributed by atoms with Crippen LogP contribution in [0.5, 0.6) is 0 Å². The fourth-order valence-electron chi connectivity index (χ4n) is 2.02. The van der Waals surface area contributed by atoms with Crippen molar-refractivity contribution >= 4 is 5.97 Å². The van der Waals surface area contributed by atoms with Gasteiger partial charge in [-0.3, -0.25) is 9.69 Å². The van der Waals surface area contributed by atoms with E-state index in [0.29, 0.717) is 6.42 Å². The minimum Gasteiger partial charge on any atom is -0.469 e. The zero-order valence-corrected chi connectivity index (χ0v) is 9.91. The van der Waals surface area contributed by atoms with Crippen LogP contribution in [-0.2, 0) is 14.3 Å². The first kappa shape index (κ1) is 12.5. The van der Waals surface area contributed by atoms with Gasteiger partial charge in [-0.2, -0.15) is 0 Å². The third-order valence-electron chi connectivity index (χ3n) is 3.09. The molecule has 1 heterocycles. The summed E-state index contributed by atoms with van der Waals surface area (Å²) in [7, 11) is 3.18. The summed E-state index contributed by atoms with van der Waals surface area (Å²) in [5, 5.41) is 0. The van der Waals surface area contributed by atoms with Crippen molar-refractivity contribution < 1.29 is 14.3 Å². The van der Waals surface area contributed by atoms with Crippen molar-refractivity contribution in [3.8, 4) is 0 Å². The van der Waals surface area contributed by atoms with Gasteiger partial charge in [0.15, 0.2) is 0 Å². The van der Waals surface area contributed by atoms with E-state index in [-0.39, 0.29) is 11.6 Å². The Morgan fingerprint density at radius 1 is 1.47 bits per heavy atom. The average Bonchev–Trinajstić information content (AvgIpc) is 2.26. The highest BCUT2D eigenvalue weighted by molar-refractivity contribution is 5.69. The largest absolute Gasteiger partial charge is 0.469 e. The Labute approximate surface area is 91.5 Å². The van der Waals surface area contributed by atoms with Gasteiger partial charge in [0.2, 0.25) is 0 Å². The van der Waals surface area contributed by atoms with Gasteiger partial charge in [-0.05, 0) is 26.3 Å². The molecule has 4 nitrogen and oxygen atoms in total. The Kier molecular flexibility index (Phi) is 4.54. The number of carbonyl (C=O) groups excluding carboxylic acids is 1. The van der Waals surface area contributed by atoms with Gasteiger partial charge in [-0.1, -0.05) is 0 Å². The topological polar surface area (TPSA) is 38.8 Å². The number of hydrogen-bond donors (Lipinski definition) is 0.